The van der Waals surface area contributed by atoms with Crippen LogP contribution in [0.15, 0.2) is 42.7 Å². The number of carbonyl (C=O) groups excluding carboxylic acids is 1. The summed E-state index contributed by atoms with van der Waals surface area (Å²) in [6.45, 7) is 2.84. The average Bonchev–Trinajstić information content (AvgIpc) is 3.17. The standard InChI is InChI=1S/C17H17ClFN5O/c1-12-4-7-20-24(12)9-6-17(25)21-16-5-8-23(22-16)11-13-2-3-14(19)10-15(13)18/h2-5,7-8,10H,6,9,11H2,1H3,(H,21,22,25). The van der Waals surface area contributed by atoms with Gasteiger partial charge < -0.3 is 5.32 Å². The van der Waals surface area contributed by atoms with Crippen LogP contribution in [0.1, 0.15) is 17.7 Å². The second kappa shape index (κ2) is 7.48. The van der Waals surface area contributed by atoms with Gasteiger partial charge in [0.2, 0.25) is 5.91 Å². The maximum atomic E-state index is 13.1. The van der Waals surface area contributed by atoms with Gasteiger partial charge in [0.15, 0.2) is 5.82 Å². The summed E-state index contributed by atoms with van der Waals surface area (Å²) < 4.78 is 16.5. The fraction of sp³-hybridized carbons (Fsp3) is 0.235. The Balaban J connectivity index is 1.56. The lowest BCUT2D eigenvalue weighted by Crippen LogP contribution is -2.16. The van der Waals surface area contributed by atoms with Crippen LogP contribution in [0.25, 0.3) is 0 Å². The van der Waals surface area contributed by atoms with Crippen molar-refractivity contribution in [3.63, 3.8) is 0 Å². The number of amides is 1. The number of nitrogens with zero attached hydrogens (tertiary/aromatic N) is 4. The van der Waals surface area contributed by atoms with E-state index in [0.717, 1.165) is 11.3 Å². The molecule has 130 valence electrons. The number of aromatic nitrogens is 4. The first-order valence-electron chi connectivity index (χ1n) is 7.77. The number of nitrogens with one attached hydrogen (secondary N) is 1. The van der Waals surface area contributed by atoms with E-state index in [4.69, 9.17) is 11.6 Å². The summed E-state index contributed by atoms with van der Waals surface area (Å²) in [5, 5.41) is 11.5. The SMILES string of the molecule is Cc1ccnn1CCC(=O)Nc1ccn(Cc2ccc(F)cc2Cl)n1. The molecule has 0 fully saturated rings. The average molecular weight is 362 g/mol. The highest BCUT2D eigenvalue weighted by molar-refractivity contribution is 6.31. The first-order chi connectivity index (χ1) is 12.0. The lowest BCUT2D eigenvalue weighted by Gasteiger charge is -2.06. The number of halogens is 2. The van der Waals surface area contributed by atoms with E-state index >= 15 is 0 Å². The van der Waals surface area contributed by atoms with Gasteiger partial charge in [-0.05, 0) is 30.7 Å². The third-order valence-corrected chi connectivity index (χ3v) is 4.09. The Kier molecular flexibility index (Phi) is 5.14. The minimum Gasteiger partial charge on any atom is -0.309 e. The van der Waals surface area contributed by atoms with Gasteiger partial charge in [0.05, 0.1) is 6.54 Å². The zero-order valence-corrected chi connectivity index (χ0v) is 14.4. The van der Waals surface area contributed by atoms with Gasteiger partial charge in [-0.25, -0.2) is 4.39 Å². The van der Waals surface area contributed by atoms with Gasteiger partial charge in [-0.15, -0.1) is 0 Å². The van der Waals surface area contributed by atoms with E-state index in [0.29, 0.717) is 30.4 Å². The number of benzene rings is 1. The molecular weight excluding hydrogens is 345 g/mol. The fourth-order valence-corrected chi connectivity index (χ4v) is 2.61. The molecule has 1 aromatic carbocycles. The van der Waals surface area contributed by atoms with E-state index < -0.39 is 0 Å². The predicted octanol–water partition coefficient (Wildman–Crippen LogP) is 3.26. The molecule has 6 nitrogen and oxygen atoms in total. The van der Waals surface area contributed by atoms with E-state index in [1.165, 1.54) is 12.1 Å². The summed E-state index contributed by atoms with van der Waals surface area (Å²) in [7, 11) is 0. The Hall–Kier alpha value is -2.67. The normalized spacial score (nSPS) is 10.8. The van der Waals surface area contributed by atoms with Gasteiger partial charge in [-0.1, -0.05) is 17.7 Å². The highest BCUT2D eigenvalue weighted by Crippen LogP contribution is 2.18. The lowest BCUT2D eigenvalue weighted by atomic mass is 10.2. The molecule has 0 atom stereocenters. The lowest BCUT2D eigenvalue weighted by molar-refractivity contribution is -0.116. The second-order valence-corrected chi connectivity index (χ2v) is 6.04. The molecule has 0 aliphatic carbocycles. The largest absolute Gasteiger partial charge is 0.309 e. The summed E-state index contributed by atoms with van der Waals surface area (Å²) in [5.41, 5.74) is 1.76. The minimum absolute atomic E-state index is 0.139. The molecule has 0 aliphatic rings. The molecule has 3 aromatic rings. The highest BCUT2D eigenvalue weighted by Gasteiger charge is 2.08. The van der Waals surface area contributed by atoms with Crippen LogP contribution in [0.2, 0.25) is 5.02 Å². The first kappa shape index (κ1) is 17.2. The summed E-state index contributed by atoms with van der Waals surface area (Å²) in [6, 6.07) is 7.82. The molecule has 25 heavy (non-hydrogen) atoms. The van der Waals surface area contributed by atoms with Crippen LogP contribution in [-0.4, -0.2) is 25.5 Å². The third kappa shape index (κ3) is 4.45. The number of carbonyl (C=O) groups is 1. The van der Waals surface area contributed by atoms with Crippen LogP contribution in [0.4, 0.5) is 10.2 Å². The molecule has 0 saturated heterocycles. The molecule has 0 unspecified atom stereocenters. The van der Waals surface area contributed by atoms with Crippen LogP contribution in [0, 0.1) is 12.7 Å². The van der Waals surface area contributed by atoms with Crippen molar-refractivity contribution in [2.45, 2.75) is 26.4 Å². The van der Waals surface area contributed by atoms with Gasteiger partial charge in [0, 0.05) is 42.1 Å². The van der Waals surface area contributed by atoms with Crippen molar-refractivity contribution in [2.24, 2.45) is 0 Å². The number of anilines is 1. The molecule has 1 N–H and O–H groups in total. The Bertz CT molecular complexity index is 889. The number of hydrogen-bond donors (Lipinski definition) is 1. The van der Waals surface area contributed by atoms with Gasteiger partial charge >= 0.3 is 0 Å². The van der Waals surface area contributed by atoms with E-state index in [-0.39, 0.29) is 11.7 Å². The molecule has 2 aromatic heterocycles. The van der Waals surface area contributed by atoms with Crippen LogP contribution < -0.4 is 5.32 Å². The van der Waals surface area contributed by atoms with Gasteiger partial charge in [-0.3, -0.25) is 14.2 Å². The van der Waals surface area contributed by atoms with Crippen molar-refractivity contribution in [1.82, 2.24) is 19.6 Å². The molecule has 1 amide bonds. The molecule has 0 bridgehead atoms. The van der Waals surface area contributed by atoms with Crippen molar-refractivity contribution in [1.29, 1.82) is 0 Å². The summed E-state index contributed by atoms with van der Waals surface area (Å²) in [6.07, 6.45) is 3.74. The van der Waals surface area contributed by atoms with E-state index in [1.54, 1.807) is 33.9 Å². The van der Waals surface area contributed by atoms with E-state index in [2.05, 4.69) is 15.5 Å². The molecule has 0 spiro atoms. The van der Waals surface area contributed by atoms with Crippen molar-refractivity contribution in [2.75, 3.05) is 5.32 Å². The van der Waals surface area contributed by atoms with E-state index in [1.807, 2.05) is 13.0 Å². The van der Waals surface area contributed by atoms with Crippen LogP contribution in [-0.2, 0) is 17.9 Å². The Morgan fingerprint density at radius 3 is 2.88 bits per heavy atom. The number of aryl methyl sites for hydroxylation is 2. The van der Waals surface area contributed by atoms with E-state index in [9.17, 15) is 9.18 Å². The molecule has 2 heterocycles. The van der Waals surface area contributed by atoms with Crippen LogP contribution in [0.5, 0.6) is 0 Å². The van der Waals surface area contributed by atoms with Crippen molar-refractivity contribution < 1.29 is 9.18 Å². The zero-order chi connectivity index (χ0) is 17.8. The Morgan fingerprint density at radius 2 is 2.16 bits per heavy atom. The van der Waals surface area contributed by atoms with Gasteiger partial charge in [-0.2, -0.15) is 10.2 Å². The summed E-state index contributed by atoms with van der Waals surface area (Å²) >= 11 is 6.01. The maximum Gasteiger partial charge on any atom is 0.227 e. The predicted molar refractivity (Wildman–Crippen MR) is 92.9 cm³/mol. The van der Waals surface area contributed by atoms with Crippen molar-refractivity contribution in [3.8, 4) is 0 Å². The first-order valence-corrected chi connectivity index (χ1v) is 8.15. The maximum absolute atomic E-state index is 13.1. The van der Waals surface area contributed by atoms with Crippen LogP contribution >= 0.6 is 11.6 Å². The summed E-state index contributed by atoms with van der Waals surface area (Å²) in [4.78, 5) is 12.0. The van der Waals surface area contributed by atoms with Crippen molar-refractivity contribution in [3.05, 3.63) is 64.8 Å². The second-order valence-electron chi connectivity index (χ2n) is 5.63. The monoisotopic (exact) mass is 361 g/mol. The molecule has 0 aliphatic heterocycles. The molecule has 0 saturated carbocycles. The van der Waals surface area contributed by atoms with Crippen LogP contribution in [0.3, 0.4) is 0 Å². The summed E-state index contributed by atoms with van der Waals surface area (Å²) in [5.74, 6) is -0.0602. The zero-order valence-electron chi connectivity index (χ0n) is 13.6. The third-order valence-electron chi connectivity index (χ3n) is 3.74. The molecule has 3 rings (SSSR count). The fourth-order valence-electron chi connectivity index (χ4n) is 2.39. The molecule has 8 heteroatoms. The van der Waals surface area contributed by atoms with Gasteiger partial charge in [0.25, 0.3) is 0 Å². The Morgan fingerprint density at radius 1 is 1.32 bits per heavy atom. The smallest absolute Gasteiger partial charge is 0.227 e. The highest BCUT2D eigenvalue weighted by atomic mass is 35.5. The Labute approximate surface area is 149 Å². The van der Waals surface area contributed by atoms with Gasteiger partial charge in [0.1, 0.15) is 5.82 Å². The van der Waals surface area contributed by atoms with Crippen molar-refractivity contribution >= 4 is 23.3 Å². The quantitative estimate of drug-likeness (QED) is 0.733. The number of rotatable bonds is 6. The molecule has 0 radical (unpaired) electrons. The minimum atomic E-state index is -0.380. The number of hydrogen-bond acceptors (Lipinski definition) is 3. The molecular formula is C17H17ClFN5O. The topological polar surface area (TPSA) is 64.7 Å².